The summed E-state index contributed by atoms with van der Waals surface area (Å²) in [6.07, 6.45) is 9.20. The van der Waals surface area contributed by atoms with Crippen molar-refractivity contribution in [3.63, 3.8) is 0 Å². The van der Waals surface area contributed by atoms with E-state index in [0.717, 1.165) is 6.42 Å². The van der Waals surface area contributed by atoms with Crippen LogP contribution < -0.4 is 0 Å². The molecule has 108 valence electrons. The Hall–Kier alpha value is -0.275. The molecule has 3 heteroatoms. The molecule has 0 saturated heterocycles. The smallest absolute Gasteiger partial charge is 0.123 e. The van der Waals surface area contributed by atoms with E-state index in [4.69, 9.17) is 0 Å². The van der Waals surface area contributed by atoms with Gasteiger partial charge in [-0.15, -0.1) is 11.8 Å². The molecule has 2 rings (SSSR count). The molecular formula is C17H25BS2. The van der Waals surface area contributed by atoms with Gasteiger partial charge in [0, 0.05) is 4.90 Å². The fraction of sp³-hybridized carbons (Fsp3) is 0.529. The second-order valence-corrected chi connectivity index (χ2v) is 8.61. The highest BCUT2D eigenvalue weighted by Gasteiger charge is 2.25. The summed E-state index contributed by atoms with van der Waals surface area (Å²) in [5.74, 6) is 1.23. The van der Waals surface area contributed by atoms with Gasteiger partial charge in [0.2, 0.25) is 0 Å². The van der Waals surface area contributed by atoms with Crippen LogP contribution in [0, 0.1) is 0 Å². The van der Waals surface area contributed by atoms with Crippen molar-refractivity contribution in [1.82, 2.24) is 0 Å². The summed E-state index contributed by atoms with van der Waals surface area (Å²) in [5.41, 5.74) is 4.76. The lowest BCUT2D eigenvalue weighted by Crippen LogP contribution is -2.21. The van der Waals surface area contributed by atoms with Crippen LogP contribution in [0.1, 0.15) is 43.9 Å². The first-order valence-electron chi connectivity index (χ1n) is 7.49. The molecule has 20 heavy (non-hydrogen) atoms. The maximum absolute atomic E-state index is 2.45. The van der Waals surface area contributed by atoms with Gasteiger partial charge in [0.1, 0.15) is 7.85 Å². The van der Waals surface area contributed by atoms with Gasteiger partial charge in [-0.1, -0.05) is 32.9 Å². The summed E-state index contributed by atoms with van der Waals surface area (Å²) in [7, 11) is 2.27. The number of thioether (sulfide) groups is 2. The number of rotatable bonds is 5. The Morgan fingerprint density at radius 3 is 2.75 bits per heavy atom. The minimum atomic E-state index is 0.269. The van der Waals surface area contributed by atoms with Gasteiger partial charge in [-0.2, -0.15) is 11.8 Å². The summed E-state index contributed by atoms with van der Waals surface area (Å²) in [6, 6.07) is 4.89. The van der Waals surface area contributed by atoms with E-state index in [1.54, 1.807) is 5.56 Å². The van der Waals surface area contributed by atoms with Gasteiger partial charge in [-0.3, -0.25) is 0 Å². The van der Waals surface area contributed by atoms with Crippen LogP contribution in [0.25, 0.3) is 6.08 Å². The number of aryl methyl sites for hydroxylation is 1. The van der Waals surface area contributed by atoms with Crippen LogP contribution in [0.4, 0.5) is 0 Å². The van der Waals surface area contributed by atoms with E-state index in [1.807, 2.05) is 23.5 Å². The summed E-state index contributed by atoms with van der Waals surface area (Å²) in [4.78, 5) is 1.46. The normalized spacial score (nSPS) is 18.1. The first-order valence-corrected chi connectivity index (χ1v) is 9.76. The molecule has 1 aromatic carbocycles. The Kier molecular flexibility index (Phi) is 5.36. The zero-order valence-corrected chi connectivity index (χ0v) is 15.0. The molecule has 0 fully saturated rings. The van der Waals surface area contributed by atoms with Crippen LogP contribution in [0.2, 0.25) is 0 Å². The third kappa shape index (κ3) is 3.48. The molecule has 1 heterocycles. The number of hydrogen-bond acceptors (Lipinski definition) is 2. The highest BCUT2D eigenvalue weighted by atomic mass is 32.2. The lowest BCUT2D eigenvalue weighted by atomic mass is 9.78. The van der Waals surface area contributed by atoms with E-state index in [0.29, 0.717) is 5.15 Å². The number of fused-ring (bicyclic) bond motifs is 1. The molecule has 0 radical (unpaired) electrons. The third-order valence-electron chi connectivity index (χ3n) is 4.14. The van der Waals surface area contributed by atoms with Crippen molar-refractivity contribution in [2.24, 2.45) is 0 Å². The first kappa shape index (κ1) is 16.1. The molecule has 0 nitrogen and oxygen atoms in total. The average molecular weight is 304 g/mol. The molecule has 0 amide bonds. The fourth-order valence-corrected chi connectivity index (χ4v) is 4.51. The molecule has 0 bridgehead atoms. The summed E-state index contributed by atoms with van der Waals surface area (Å²) in [6.45, 7) is 7.07. The van der Waals surface area contributed by atoms with Crippen LogP contribution in [0.5, 0.6) is 0 Å². The highest BCUT2D eigenvalue weighted by Crippen LogP contribution is 2.39. The van der Waals surface area contributed by atoms with Gasteiger partial charge in [-0.25, -0.2) is 0 Å². The van der Waals surface area contributed by atoms with Crippen LogP contribution in [-0.4, -0.2) is 25.0 Å². The Morgan fingerprint density at radius 1 is 1.35 bits per heavy atom. The Balaban J connectivity index is 2.42. The summed E-state index contributed by atoms with van der Waals surface area (Å²) < 4.78 is 0. The van der Waals surface area contributed by atoms with E-state index < -0.39 is 0 Å². The molecule has 0 spiro atoms. The zero-order chi connectivity index (χ0) is 14.8. The lowest BCUT2D eigenvalue weighted by Gasteiger charge is -2.30. The Morgan fingerprint density at radius 2 is 2.10 bits per heavy atom. The predicted molar refractivity (Wildman–Crippen MR) is 99.1 cm³/mol. The standard InChI is InChI=1S/C17H25BS2/c1-5-12-11-15-13(6-7-16(18)20-15)10-14(12)17(2,3)8-9-19-4/h6-7,10-11,16H,5,8-9,18H2,1-4H3. The molecule has 0 N–H and O–H groups in total. The van der Waals surface area contributed by atoms with E-state index >= 15 is 0 Å². The van der Waals surface area contributed by atoms with Crippen molar-refractivity contribution in [2.75, 3.05) is 12.0 Å². The molecular weight excluding hydrogens is 279 g/mol. The fourth-order valence-electron chi connectivity index (χ4n) is 2.76. The van der Waals surface area contributed by atoms with Crippen LogP contribution in [-0.2, 0) is 11.8 Å². The quantitative estimate of drug-likeness (QED) is 0.741. The van der Waals surface area contributed by atoms with Crippen molar-refractivity contribution in [3.8, 4) is 0 Å². The van der Waals surface area contributed by atoms with Gasteiger partial charge >= 0.3 is 0 Å². The van der Waals surface area contributed by atoms with E-state index in [2.05, 4.69) is 59.2 Å². The van der Waals surface area contributed by atoms with E-state index in [9.17, 15) is 0 Å². The van der Waals surface area contributed by atoms with Crippen molar-refractivity contribution >= 4 is 37.4 Å². The molecule has 1 aliphatic rings. The van der Waals surface area contributed by atoms with Crippen LogP contribution >= 0.6 is 23.5 Å². The van der Waals surface area contributed by atoms with Crippen molar-refractivity contribution < 1.29 is 0 Å². The van der Waals surface area contributed by atoms with Gasteiger partial charge in [-0.05, 0) is 64.2 Å². The topological polar surface area (TPSA) is 0 Å². The zero-order valence-electron chi connectivity index (χ0n) is 13.3. The number of benzene rings is 1. The molecule has 0 saturated carbocycles. The minimum Gasteiger partial charge on any atom is -0.165 e. The van der Waals surface area contributed by atoms with Gasteiger partial charge in [0.25, 0.3) is 0 Å². The maximum atomic E-state index is 2.45. The molecule has 0 aliphatic carbocycles. The second-order valence-electron chi connectivity index (χ2n) is 6.21. The van der Waals surface area contributed by atoms with Gasteiger partial charge in [0.05, 0.1) is 0 Å². The SMILES string of the molecule is BC1C=Cc2cc(C(C)(C)CCSC)c(CC)cc2S1. The van der Waals surface area contributed by atoms with Gasteiger partial charge in [0.15, 0.2) is 0 Å². The molecule has 1 unspecified atom stereocenters. The Bertz CT molecular complexity index is 506. The Labute approximate surface area is 133 Å². The van der Waals surface area contributed by atoms with Gasteiger partial charge < -0.3 is 0 Å². The monoisotopic (exact) mass is 304 g/mol. The largest absolute Gasteiger partial charge is 0.165 e. The maximum Gasteiger partial charge on any atom is 0.123 e. The summed E-state index contributed by atoms with van der Waals surface area (Å²) in [5, 5.41) is 0.600. The average Bonchev–Trinajstić information content (AvgIpc) is 2.43. The molecule has 1 atom stereocenters. The minimum absolute atomic E-state index is 0.269. The van der Waals surface area contributed by atoms with Crippen molar-refractivity contribution in [2.45, 2.75) is 49.1 Å². The third-order valence-corrected chi connectivity index (χ3v) is 5.89. The van der Waals surface area contributed by atoms with Crippen molar-refractivity contribution in [3.05, 3.63) is 34.9 Å². The molecule has 1 aromatic rings. The predicted octanol–water partition coefficient (Wildman–Crippen LogP) is 4.36. The molecule has 0 aromatic heterocycles. The lowest BCUT2D eigenvalue weighted by molar-refractivity contribution is 0.505. The van der Waals surface area contributed by atoms with E-state index in [-0.39, 0.29) is 5.41 Å². The summed E-state index contributed by atoms with van der Waals surface area (Å²) >= 11 is 3.94. The van der Waals surface area contributed by atoms with Crippen LogP contribution in [0.15, 0.2) is 23.1 Å². The highest BCUT2D eigenvalue weighted by molar-refractivity contribution is 8.01. The molecule has 1 aliphatic heterocycles. The van der Waals surface area contributed by atoms with Crippen molar-refractivity contribution in [1.29, 1.82) is 0 Å². The first-order chi connectivity index (χ1) is 9.47. The van der Waals surface area contributed by atoms with E-state index in [1.165, 1.54) is 28.2 Å². The second kappa shape index (κ2) is 6.66. The van der Waals surface area contributed by atoms with Crippen LogP contribution in [0.3, 0.4) is 0 Å². The number of hydrogen-bond donors (Lipinski definition) is 0.